The summed E-state index contributed by atoms with van der Waals surface area (Å²) < 4.78 is 0. The third-order valence-corrected chi connectivity index (χ3v) is 3.58. The first kappa shape index (κ1) is 11.5. The molecule has 1 aliphatic carbocycles. The van der Waals surface area contributed by atoms with Crippen LogP contribution < -0.4 is 11.1 Å². The molecule has 3 atom stereocenters. The summed E-state index contributed by atoms with van der Waals surface area (Å²) >= 11 is 0. The molecular formula is C11H22N2O. The molecule has 14 heavy (non-hydrogen) atoms. The Morgan fingerprint density at radius 1 is 1.64 bits per heavy atom. The van der Waals surface area contributed by atoms with Crippen LogP contribution >= 0.6 is 0 Å². The topological polar surface area (TPSA) is 55.1 Å². The number of rotatable bonds is 5. The third-order valence-electron chi connectivity index (χ3n) is 3.58. The van der Waals surface area contributed by atoms with E-state index in [9.17, 15) is 4.79 Å². The molecule has 0 saturated heterocycles. The minimum Gasteiger partial charge on any atom is -0.355 e. The van der Waals surface area contributed by atoms with E-state index in [1.807, 2.05) is 13.8 Å². The normalized spacial score (nSPS) is 29.4. The second kappa shape index (κ2) is 4.30. The predicted molar refractivity (Wildman–Crippen MR) is 57.7 cm³/mol. The van der Waals surface area contributed by atoms with Crippen molar-refractivity contribution in [3.63, 3.8) is 0 Å². The molecule has 1 fully saturated rings. The minimum atomic E-state index is -0.377. The Morgan fingerprint density at radius 2 is 2.21 bits per heavy atom. The Kier molecular flexibility index (Phi) is 3.53. The summed E-state index contributed by atoms with van der Waals surface area (Å²) in [5, 5.41) is 3.00. The molecular weight excluding hydrogens is 176 g/mol. The van der Waals surface area contributed by atoms with Gasteiger partial charge in [0.25, 0.3) is 0 Å². The Balaban J connectivity index is 2.32. The van der Waals surface area contributed by atoms with E-state index < -0.39 is 0 Å². The highest BCUT2D eigenvalue weighted by atomic mass is 16.2. The number of carbonyl (C=O) groups is 1. The van der Waals surface area contributed by atoms with E-state index in [-0.39, 0.29) is 11.3 Å². The smallest absolute Gasteiger partial charge is 0.227 e. The summed E-state index contributed by atoms with van der Waals surface area (Å²) in [5.74, 6) is 1.61. The Bertz CT molecular complexity index is 211. The van der Waals surface area contributed by atoms with E-state index in [0.29, 0.717) is 12.5 Å². The predicted octanol–water partition coefficient (Wildman–Crippen LogP) is 1.13. The molecule has 0 bridgehead atoms. The van der Waals surface area contributed by atoms with Crippen LogP contribution in [0.4, 0.5) is 0 Å². The zero-order valence-electron chi connectivity index (χ0n) is 9.47. The van der Waals surface area contributed by atoms with E-state index in [2.05, 4.69) is 12.2 Å². The van der Waals surface area contributed by atoms with Gasteiger partial charge in [0.05, 0.1) is 5.41 Å². The van der Waals surface area contributed by atoms with Gasteiger partial charge in [-0.25, -0.2) is 0 Å². The molecule has 82 valence electrons. The van der Waals surface area contributed by atoms with E-state index in [1.165, 1.54) is 6.42 Å². The standard InChI is InChI=1S/C11H22N2O/c1-4-11(3,7-12)10(14)13-6-9-5-8(9)2/h8-9H,4-7,12H2,1-3H3,(H,13,14). The molecule has 1 rings (SSSR count). The van der Waals surface area contributed by atoms with Crippen molar-refractivity contribution in [2.24, 2.45) is 23.0 Å². The van der Waals surface area contributed by atoms with Crippen molar-refractivity contribution in [3.8, 4) is 0 Å². The van der Waals surface area contributed by atoms with Crippen LogP contribution in [-0.4, -0.2) is 19.0 Å². The fraction of sp³-hybridized carbons (Fsp3) is 0.909. The highest BCUT2D eigenvalue weighted by molar-refractivity contribution is 5.82. The summed E-state index contributed by atoms with van der Waals surface area (Å²) in [6, 6.07) is 0. The fourth-order valence-corrected chi connectivity index (χ4v) is 1.52. The van der Waals surface area contributed by atoms with Crippen LogP contribution in [0.15, 0.2) is 0 Å². The highest BCUT2D eigenvalue weighted by Gasteiger charge is 2.35. The van der Waals surface area contributed by atoms with Crippen molar-refractivity contribution in [1.29, 1.82) is 0 Å². The largest absolute Gasteiger partial charge is 0.355 e. The summed E-state index contributed by atoms with van der Waals surface area (Å²) in [5.41, 5.74) is 5.23. The molecule has 0 aromatic rings. The van der Waals surface area contributed by atoms with Crippen molar-refractivity contribution in [2.75, 3.05) is 13.1 Å². The second-order valence-electron chi connectivity index (χ2n) is 4.80. The van der Waals surface area contributed by atoms with Gasteiger partial charge in [-0.2, -0.15) is 0 Å². The van der Waals surface area contributed by atoms with Crippen molar-refractivity contribution >= 4 is 5.91 Å². The van der Waals surface area contributed by atoms with Gasteiger partial charge in [-0.1, -0.05) is 13.8 Å². The van der Waals surface area contributed by atoms with Crippen molar-refractivity contribution in [2.45, 2.75) is 33.6 Å². The Hall–Kier alpha value is -0.570. The minimum absolute atomic E-state index is 0.113. The van der Waals surface area contributed by atoms with Gasteiger partial charge in [0.2, 0.25) is 5.91 Å². The van der Waals surface area contributed by atoms with Gasteiger partial charge < -0.3 is 11.1 Å². The molecule has 3 N–H and O–H groups in total. The highest BCUT2D eigenvalue weighted by Crippen LogP contribution is 2.37. The Labute approximate surface area is 86.4 Å². The van der Waals surface area contributed by atoms with Crippen LogP contribution in [0.5, 0.6) is 0 Å². The first-order chi connectivity index (χ1) is 6.53. The van der Waals surface area contributed by atoms with Gasteiger partial charge >= 0.3 is 0 Å². The van der Waals surface area contributed by atoms with Crippen LogP contribution in [0, 0.1) is 17.3 Å². The van der Waals surface area contributed by atoms with Crippen molar-refractivity contribution < 1.29 is 4.79 Å². The monoisotopic (exact) mass is 198 g/mol. The zero-order valence-corrected chi connectivity index (χ0v) is 9.47. The molecule has 0 radical (unpaired) electrons. The van der Waals surface area contributed by atoms with Crippen molar-refractivity contribution in [3.05, 3.63) is 0 Å². The molecule has 0 aromatic heterocycles. The lowest BCUT2D eigenvalue weighted by Crippen LogP contribution is -2.44. The quantitative estimate of drug-likeness (QED) is 0.696. The average molecular weight is 198 g/mol. The lowest BCUT2D eigenvalue weighted by Gasteiger charge is -2.24. The molecule has 0 spiro atoms. The number of hydrogen-bond donors (Lipinski definition) is 2. The fourth-order valence-electron chi connectivity index (χ4n) is 1.52. The van der Waals surface area contributed by atoms with Gasteiger partial charge in [0.15, 0.2) is 0 Å². The lowest BCUT2D eigenvalue weighted by molar-refractivity contribution is -0.129. The first-order valence-corrected chi connectivity index (χ1v) is 5.52. The van der Waals surface area contributed by atoms with Gasteiger partial charge in [-0.15, -0.1) is 0 Å². The number of nitrogens with two attached hydrogens (primary N) is 1. The average Bonchev–Trinajstić information content (AvgIpc) is 2.89. The van der Waals surface area contributed by atoms with Gasteiger partial charge in [-0.05, 0) is 31.6 Å². The summed E-state index contributed by atoms with van der Waals surface area (Å²) in [6.45, 7) is 7.41. The third kappa shape index (κ3) is 2.47. The number of nitrogens with one attached hydrogen (secondary N) is 1. The van der Waals surface area contributed by atoms with E-state index in [4.69, 9.17) is 5.73 Å². The molecule has 1 amide bonds. The molecule has 0 aromatic carbocycles. The van der Waals surface area contributed by atoms with Gasteiger partial charge in [0.1, 0.15) is 0 Å². The molecule has 0 heterocycles. The van der Waals surface area contributed by atoms with Crippen LogP contribution in [0.2, 0.25) is 0 Å². The summed E-state index contributed by atoms with van der Waals surface area (Å²) in [4.78, 5) is 11.8. The lowest BCUT2D eigenvalue weighted by atomic mass is 9.86. The zero-order chi connectivity index (χ0) is 10.8. The van der Waals surface area contributed by atoms with Gasteiger partial charge in [-0.3, -0.25) is 4.79 Å². The first-order valence-electron chi connectivity index (χ1n) is 5.52. The van der Waals surface area contributed by atoms with Crippen LogP contribution in [-0.2, 0) is 4.79 Å². The number of hydrogen-bond acceptors (Lipinski definition) is 2. The number of amides is 1. The van der Waals surface area contributed by atoms with E-state index in [0.717, 1.165) is 18.9 Å². The maximum atomic E-state index is 11.8. The maximum Gasteiger partial charge on any atom is 0.227 e. The summed E-state index contributed by atoms with van der Waals surface area (Å²) in [6.07, 6.45) is 2.06. The van der Waals surface area contributed by atoms with Crippen LogP contribution in [0.3, 0.4) is 0 Å². The maximum absolute atomic E-state index is 11.8. The van der Waals surface area contributed by atoms with E-state index >= 15 is 0 Å². The second-order valence-corrected chi connectivity index (χ2v) is 4.80. The molecule has 3 heteroatoms. The van der Waals surface area contributed by atoms with Gasteiger partial charge in [0, 0.05) is 13.1 Å². The Morgan fingerprint density at radius 3 is 2.57 bits per heavy atom. The molecule has 1 saturated carbocycles. The van der Waals surface area contributed by atoms with Crippen LogP contribution in [0.25, 0.3) is 0 Å². The van der Waals surface area contributed by atoms with Crippen molar-refractivity contribution in [1.82, 2.24) is 5.32 Å². The number of carbonyl (C=O) groups excluding carboxylic acids is 1. The van der Waals surface area contributed by atoms with Crippen LogP contribution in [0.1, 0.15) is 33.6 Å². The summed E-state index contributed by atoms with van der Waals surface area (Å²) in [7, 11) is 0. The van der Waals surface area contributed by atoms with E-state index in [1.54, 1.807) is 0 Å². The molecule has 3 unspecified atom stereocenters. The molecule has 0 aliphatic heterocycles. The SMILES string of the molecule is CCC(C)(CN)C(=O)NCC1CC1C. The molecule has 1 aliphatic rings. The molecule has 3 nitrogen and oxygen atoms in total.